The molecule has 1 heterocycles. The lowest BCUT2D eigenvalue weighted by Crippen LogP contribution is -1.83. The second-order valence-corrected chi connectivity index (χ2v) is 2.22. The summed E-state index contributed by atoms with van der Waals surface area (Å²) in [6, 6.07) is 2.48. The van der Waals surface area contributed by atoms with Crippen LogP contribution in [0.25, 0.3) is 5.03 Å². The highest BCUT2D eigenvalue weighted by atomic mass is 35.5. The summed E-state index contributed by atoms with van der Waals surface area (Å²) in [6.45, 7) is 3.40. The third kappa shape index (κ3) is 1.54. The highest BCUT2D eigenvalue weighted by molar-refractivity contribution is 6.47. The highest BCUT2D eigenvalue weighted by Crippen LogP contribution is 2.13. The average molecular weight is 158 g/mol. The molecule has 0 radical (unpaired) electrons. The third-order valence-corrected chi connectivity index (χ3v) is 1.19. The van der Waals surface area contributed by atoms with Crippen LogP contribution in [-0.2, 0) is 0 Å². The van der Waals surface area contributed by atoms with Crippen LogP contribution in [0.4, 0.5) is 4.39 Å². The smallest absolute Gasteiger partial charge is 0.126 e. The molecule has 0 aromatic carbocycles. The largest absolute Gasteiger partial charge is 0.255 e. The molecule has 0 bridgehead atoms. The average Bonchev–Trinajstić information content (AvgIpc) is 1.88. The quantitative estimate of drug-likeness (QED) is 0.610. The fraction of sp³-hybridized carbons (Fsp3) is 0. The number of nitrogens with zero attached hydrogens (tertiary/aromatic N) is 1. The predicted octanol–water partition coefficient (Wildman–Crippen LogP) is 2.43. The summed E-state index contributed by atoms with van der Waals surface area (Å²) in [7, 11) is 0. The standard InChI is InChI=1S/C7H5ClFN/c1-5(8)7-4-6(9)2-3-10-7/h2-4H,1H2. The van der Waals surface area contributed by atoms with Gasteiger partial charge in [-0.25, -0.2) is 4.39 Å². The van der Waals surface area contributed by atoms with Crippen LogP contribution in [-0.4, -0.2) is 4.98 Å². The maximum absolute atomic E-state index is 12.4. The summed E-state index contributed by atoms with van der Waals surface area (Å²) in [6.07, 6.45) is 1.35. The molecule has 52 valence electrons. The number of hydrogen-bond donors (Lipinski definition) is 0. The predicted molar refractivity (Wildman–Crippen MR) is 39.1 cm³/mol. The molecular weight excluding hydrogens is 153 g/mol. The van der Waals surface area contributed by atoms with Gasteiger partial charge >= 0.3 is 0 Å². The minimum Gasteiger partial charge on any atom is -0.255 e. The summed E-state index contributed by atoms with van der Waals surface area (Å²) in [5.41, 5.74) is 0.377. The maximum Gasteiger partial charge on any atom is 0.126 e. The Hall–Kier alpha value is -0.890. The summed E-state index contributed by atoms with van der Waals surface area (Å²) in [5.74, 6) is -0.355. The molecular formula is C7H5ClFN. The van der Waals surface area contributed by atoms with Gasteiger partial charge in [-0.15, -0.1) is 0 Å². The Labute approximate surface area is 63.2 Å². The first-order valence-electron chi connectivity index (χ1n) is 2.66. The van der Waals surface area contributed by atoms with Crippen molar-refractivity contribution in [2.75, 3.05) is 0 Å². The molecule has 0 N–H and O–H groups in total. The van der Waals surface area contributed by atoms with Gasteiger partial charge in [-0.05, 0) is 6.07 Å². The molecule has 1 nitrogen and oxygen atoms in total. The van der Waals surface area contributed by atoms with Gasteiger partial charge in [-0.2, -0.15) is 0 Å². The molecule has 0 amide bonds. The molecule has 1 aromatic rings. The van der Waals surface area contributed by atoms with Crippen molar-refractivity contribution in [1.82, 2.24) is 4.98 Å². The van der Waals surface area contributed by atoms with Gasteiger partial charge in [0.25, 0.3) is 0 Å². The first kappa shape index (κ1) is 7.22. The monoisotopic (exact) mass is 157 g/mol. The summed E-state index contributed by atoms with van der Waals surface area (Å²) in [5, 5.41) is 0.250. The fourth-order valence-corrected chi connectivity index (χ4v) is 0.656. The molecule has 0 fully saturated rings. The van der Waals surface area contributed by atoms with Crippen LogP contribution in [0.5, 0.6) is 0 Å². The molecule has 3 heteroatoms. The summed E-state index contributed by atoms with van der Waals surface area (Å²) in [4.78, 5) is 3.77. The van der Waals surface area contributed by atoms with Crippen LogP contribution in [0, 0.1) is 5.82 Å². The number of halogens is 2. The number of aromatic nitrogens is 1. The van der Waals surface area contributed by atoms with Gasteiger partial charge in [0.05, 0.1) is 10.7 Å². The van der Waals surface area contributed by atoms with Crippen molar-refractivity contribution < 1.29 is 4.39 Å². The molecule has 0 spiro atoms. The van der Waals surface area contributed by atoms with E-state index in [2.05, 4.69) is 11.6 Å². The van der Waals surface area contributed by atoms with Gasteiger partial charge < -0.3 is 0 Å². The normalized spacial score (nSPS) is 9.40. The zero-order valence-electron chi connectivity index (χ0n) is 5.14. The number of pyridine rings is 1. The van der Waals surface area contributed by atoms with E-state index in [0.29, 0.717) is 5.69 Å². The molecule has 1 rings (SSSR count). The molecule has 0 aliphatic rings. The molecule has 10 heavy (non-hydrogen) atoms. The van der Waals surface area contributed by atoms with Gasteiger partial charge in [0.15, 0.2) is 0 Å². The van der Waals surface area contributed by atoms with Crippen molar-refractivity contribution in [3.63, 3.8) is 0 Å². The van der Waals surface area contributed by atoms with Crippen molar-refractivity contribution in [1.29, 1.82) is 0 Å². The van der Waals surface area contributed by atoms with Gasteiger partial charge in [-0.3, -0.25) is 4.98 Å². The minimum atomic E-state index is -0.355. The van der Waals surface area contributed by atoms with Crippen LogP contribution in [0.2, 0.25) is 0 Å². The van der Waals surface area contributed by atoms with Crippen molar-refractivity contribution in [3.05, 3.63) is 36.4 Å². The van der Waals surface area contributed by atoms with E-state index in [-0.39, 0.29) is 10.8 Å². The topological polar surface area (TPSA) is 12.9 Å². The maximum atomic E-state index is 12.4. The Balaban J connectivity index is 3.07. The first-order chi connectivity index (χ1) is 4.70. The highest BCUT2D eigenvalue weighted by Gasteiger charge is 1.96. The van der Waals surface area contributed by atoms with Crippen LogP contribution in [0.3, 0.4) is 0 Å². The SMILES string of the molecule is C=C(Cl)c1cc(F)ccn1. The Morgan fingerprint density at radius 3 is 2.80 bits per heavy atom. The zero-order valence-corrected chi connectivity index (χ0v) is 5.90. The van der Waals surface area contributed by atoms with Crippen molar-refractivity contribution in [2.45, 2.75) is 0 Å². The molecule has 0 saturated heterocycles. The molecule has 0 aliphatic carbocycles. The van der Waals surface area contributed by atoms with E-state index in [1.165, 1.54) is 18.3 Å². The van der Waals surface area contributed by atoms with Crippen LogP contribution in [0.1, 0.15) is 5.69 Å². The van der Waals surface area contributed by atoms with Gasteiger partial charge in [0, 0.05) is 12.3 Å². The fourth-order valence-electron chi connectivity index (χ4n) is 0.553. The molecule has 0 unspecified atom stereocenters. The van der Waals surface area contributed by atoms with Crippen molar-refractivity contribution in [3.8, 4) is 0 Å². The third-order valence-electron chi connectivity index (χ3n) is 1.000. The van der Waals surface area contributed by atoms with E-state index in [1.807, 2.05) is 0 Å². The lowest BCUT2D eigenvalue weighted by atomic mass is 10.3. The zero-order chi connectivity index (χ0) is 7.56. The van der Waals surface area contributed by atoms with Crippen LogP contribution < -0.4 is 0 Å². The Morgan fingerprint density at radius 1 is 1.70 bits per heavy atom. The molecule has 0 aliphatic heterocycles. The van der Waals surface area contributed by atoms with E-state index in [9.17, 15) is 4.39 Å². The Bertz CT molecular complexity index is 260. The lowest BCUT2D eigenvalue weighted by molar-refractivity contribution is 0.625. The van der Waals surface area contributed by atoms with E-state index < -0.39 is 0 Å². The number of rotatable bonds is 1. The minimum absolute atomic E-state index is 0.250. The van der Waals surface area contributed by atoms with E-state index >= 15 is 0 Å². The van der Waals surface area contributed by atoms with E-state index in [0.717, 1.165) is 0 Å². The van der Waals surface area contributed by atoms with Crippen molar-refractivity contribution >= 4 is 16.6 Å². The molecule has 1 aromatic heterocycles. The first-order valence-corrected chi connectivity index (χ1v) is 3.04. The summed E-state index contributed by atoms with van der Waals surface area (Å²) >= 11 is 5.45. The Kier molecular flexibility index (Phi) is 2.02. The van der Waals surface area contributed by atoms with Crippen LogP contribution in [0.15, 0.2) is 24.9 Å². The lowest BCUT2D eigenvalue weighted by Gasteiger charge is -1.93. The second kappa shape index (κ2) is 2.80. The Morgan fingerprint density at radius 2 is 2.40 bits per heavy atom. The van der Waals surface area contributed by atoms with Gasteiger partial charge in [0.2, 0.25) is 0 Å². The van der Waals surface area contributed by atoms with Crippen molar-refractivity contribution in [2.24, 2.45) is 0 Å². The molecule has 0 saturated carbocycles. The summed E-state index contributed by atoms with van der Waals surface area (Å²) < 4.78 is 12.4. The number of hydrogen-bond acceptors (Lipinski definition) is 1. The van der Waals surface area contributed by atoms with E-state index in [1.54, 1.807) is 0 Å². The second-order valence-electron chi connectivity index (χ2n) is 1.76. The molecule has 0 atom stereocenters. The van der Waals surface area contributed by atoms with E-state index in [4.69, 9.17) is 11.6 Å². The van der Waals surface area contributed by atoms with Crippen LogP contribution >= 0.6 is 11.6 Å². The van der Waals surface area contributed by atoms with Gasteiger partial charge in [-0.1, -0.05) is 18.2 Å². The van der Waals surface area contributed by atoms with Gasteiger partial charge in [0.1, 0.15) is 5.82 Å².